The standard InChI is InChI=1S/C25H31NO6S/c1-2-3-14-26(22-13-15-33(29,30)19-22)24(27)17-32-25(28)18-31-23-12-8-7-11-21(23)16-20-9-5-4-6-10-20/h4-12,22H,2-3,13-19H2,1H3. The van der Waals surface area contributed by atoms with Gasteiger partial charge in [0.1, 0.15) is 5.75 Å². The molecule has 1 saturated heterocycles. The van der Waals surface area contributed by atoms with Gasteiger partial charge in [0.05, 0.1) is 11.5 Å². The topological polar surface area (TPSA) is 90.0 Å². The van der Waals surface area contributed by atoms with Crippen molar-refractivity contribution >= 4 is 21.7 Å². The van der Waals surface area contributed by atoms with Gasteiger partial charge in [-0.25, -0.2) is 13.2 Å². The van der Waals surface area contributed by atoms with Crippen LogP contribution in [0.5, 0.6) is 5.75 Å². The van der Waals surface area contributed by atoms with Crippen LogP contribution in [0.2, 0.25) is 0 Å². The summed E-state index contributed by atoms with van der Waals surface area (Å²) < 4.78 is 34.5. The lowest BCUT2D eigenvalue weighted by molar-refractivity contribution is -0.154. The number of hydrogen-bond acceptors (Lipinski definition) is 6. The number of ether oxygens (including phenoxy) is 2. The Bertz CT molecular complexity index is 1040. The molecule has 1 aliphatic rings. The Labute approximate surface area is 195 Å². The van der Waals surface area contributed by atoms with E-state index in [1.807, 2.05) is 55.5 Å². The number of sulfone groups is 1. The fourth-order valence-corrected chi connectivity index (χ4v) is 5.60. The largest absolute Gasteiger partial charge is 0.482 e. The molecule has 1 amide bonds. The van der Waals surface area contributed by atoms with Crippen molar-refractivity contribution in [1.82, 2.24) is 4.90 Å². The number of amides is 1. The van der Waals surface area contributed by atoms with Crippen molar-refractivity contribution in [2.24, 2.45) is 0 Å². The van der Waals surface area contributed by atoms with Crippen LogP contribution in [0, 0.1) is 0 Å². The van der Waals surface area contributed by atoms with E-state index >= 15 is 0 Å². The van der Waals surface area contributed by atoms with Crippen molar-refractivity contribution in [2.75, 3.05) is 31.3 Å². The van der Waals surface area contributed by atoms with Crippen molar-refractivity contribution in [2.45, 2.75) is 38.6 Å². The molecule has 1 fully saturated rings. The highest BCUT2D eigenvalue weighted by Crippen LogP contribution is 2.22. The van der Waals surface area contributed by atoms with E-state index in [1.165, 1.54) is 0 Å². The number of hydrogen-bond donors (Lipinski definition) is 0. The Morgan fingerprint density at radius 1 is 1.03 bits per heavy atom. The molecule has 7 nitrogen and oxygen atoms in total. The number of nitrogens with zero attached hydrogens (tertiary/aromatic N) is 1. The van der Waals surface area contributed by atoms with Gasteiger partial charge in [-0.3, -0.25) is 4.79 Å². The Kier molecular flexibility index (Phi) is 8.88. The summed E-state index contributed by atoms with van der Waals surface area (Å²) in [5, 5.41) is 0. The van der Waals surface area contributed by atoms with Crippen molar-refractivity contribution in [3.8, 4) is 5.75 Å². The molecule has 2 aromatic rings. The molecule has 1 atom stereocenters. The first-order valence-corrected chi connectivity index (χ1v) is 13.1. The van der Waals surface area contributed by atoms with E-state index in [9.17, 15) is 18.0 Å². The third kappa shape index (κ3) is 7.60. The molecular formula is C25H31NO6S. The van der Waals surface area contributed by atoms with Crippen LogP contribution in [0.3, 0.4) is 0 Å². The normalized spacial score (nSPS) is 16.8. The number of carbonyl (C=O) groups excluding carboxylic acids is 2. The molecule has 0 spiro atoms. The molecule has 0 aliphatic carbocycles. The predicted molar refractivity (Wildman–Crippen MR) is 126 cm³/mol. The highest BCUT2D eigenvalue weighted by Gasteiger charge is 2.34. The molecule has 1 aliphatic heterocycles. The first-order chi connectivity index (χ1) is 15.9. The monoisotopic (exact) mass is 473 g/mol. The van der Waals surface area contributed by atoms with Crippen molar-refractivity contribution in [3.63, 3.8) is 0 Å². The maximum atomic E-state index is 12.7. The number of para-hydroxylation sites is 1. The fourth-order valence-electron chi connectivity index (χ4n) is 3.87. The van der Waals surface area contributed by atoms with E-state index in [1.54, 1.807) is 11.0 Å². The molecule has 3 rings (SSSR count). The SMILES string of the molecule is CCCCN(C(=O)COC(=O)COc1ccccc1Cc1ccccc1)C1CCS(=O)(=O)C1. The lowest BCUT2D eigenvalue weighted by Gasteiger charge is -2.28. The quantitative estimate of drug-likeness (QED) is 0.466. The molecular weight excluding hydrogens is 442 g/mol. The third-order valence-corrected chi connectivity index (χ3v) is 7.38. The minimum atomic E-state index is -3.12. The average Bonchev–Trinajstić information content (AvgIpc) is 3.17. The molecule has 0 aromatic heterocycles. The summed E-state index contributed by atoms with van der Waals surface area (Å²) in [7, 11) is -3.12. The van der Waals surface area contributed by atoms with Crippen LogP contribution in [-0.4, -0.2) is 62.5 Å². The second kappa shape index (κ2) is 11.8. The lowest BCUT2D eigenvalue weighted by atomic mass is 10.0. The summed E-state index contributed by atoms with van der Waals surface area (Å²) in [4.78, 5) is 26.5. The van der Waals surface area contributed by atoms with Crippen molar-refractivity contribution < 1.29 is 27.5 Å². The summed E-state index contributed by atoms with van der Waals surface area (Å²) in [5.74, 6) is -0.373. The number of carbonyl (C=O) groups is 2. The average molecular weight is 474 g/mol. The van der Waals surface area contributed by atoms with Gasteiger partial charge in [0.2, 0.25) is 0 Å². The molecule has 1 unspecified atom stereocenters. The van der Waals surface area contributed by atoms with Crippen LogP contribution in [0.4, 0.5) is 0 Å². The zero-order valence-corrected chi connectivity index (χ0v) is 19.8. The third-order valence-electron chi connectivity index (χ3n) is 5.63. The maximum Gasteiger partial charge on any atom is 0.344 e. The number of rotatable bonds is 11. The first kappa shape index (κ1) is 24.8. The predicted octanol–water partition coefficient (Wildman–Crippen LogP) is 3.02. The van der Waals surface area contributed by atoms with E-state index in [0.717, 1.165) is 24.0 Å². The molecule has 178 valence electrons. The van der Waals surface area contributed by atoms with Gasteiger partial charge in [-0.2, -0.15) is 0 Å². The summed E-state index contributed by atoms with van der Waals surface area (Å²) >= 11 is 0. The number of benzene rings is 2. The number of esters is 1. The van der Waals surface area contributed by atoms with Crippen LogP contribution in [0.15, 0.2) is 54.6 Å². The minimum Gasteiger partial charge on any atom is -0.482 e. The maximum absolute atomic E-state index is 12.7. The van der Waals surface area contributed by atoms with Gasteiger partial charge in [0.15, 0.2) is 23.1 Å². The summed E-state index contributed by atoms with van der Waals surface area (Å²) in [6.07, 6.45) is 2.73. The zero-order valence-electron chi connectivity index (χ0n) is 18.9. The number of unbranched alkanes of at least 4 members (excludes halogenated alkanes) is 1. The lowest BCUT2D eigenvalue weighted by Crippen LogP contribution is -2.44. The van der Waals surface area contributed by atoms with Gasteiger partial charge in [-0.05, 0) is 30.0 Å². The molecule has 0 radical (unpaired) electrons. The van der Waals surface area contributed by atoms with E-state index in [0.29, 0.717) is 25.1 Å². The highest BCUT2D eigenvalue weighted by atomic mass is 32.2. The fraction of sp³-hybridized carbons (Fsp3) is 0.440. The zero-order chi connectivity index (χ0) is 23.7. The Balaban J connectivity index is 1.52. The van der Waals surface area contributed by atoms with Gasteiger partial charge in [0, 0.05) is 19.0 Å². The molecule has 8 heteroatoms. The van der Waals surface area contributed by atoms with E-state index in [-0.39, 0.29) is 30.1 Å². The Hall–Kier alpha value is -2.87. The first-order valence-electron chi connectivity index (χ1n) is 11.3. The van der Waals surface area contributed by atoms with Gasteiger partial charge in [-0.15, -0.1) is 0 Å². The van der Waals surface area contributed by atoms with Crippen LogP contribution in [0.25, 0.3) is 0 Å². The van der Waals surface area contributed by atoms with Crippen molar-refractivity contribution in [1.29, 1.82) is 0 Å². The summed E-state index contributed by atoms with van der Waals surface area (Å²) in [6, 6.07) is 17.1. The summed E-state index contributed by atoms with van der Waals surface area (Å²) in [6.45, 7) is 1.72. The summed E-state index contributed by atoms with van der Waals surface area (Å²) in [5.41, 5.74) is 2.07. The molecule has 0 bridgehead atoms. The van der Waals surface area contributed by atoms with E-state index in [2.05, 4.69) is 0 Å². The minimum absolute atomic E-state index is 0.0300. The molecule has 0 saturated carbocycles. The molecule has 2 aromatic carbocycles. The molecule has 0 N–H and O–H groups in total. The highest BCUT2D eigenvalue weighted by molar-refractivity contribution is 7.91. The smallest absolute Gasteiger partial charge is 0.344 e. The Morgan fingerprint density at radius 3 is 2.45 bits per heavy atom. The molecule has 33 heavy (non-hydrogen) atoms. The van der Waals surface area contributed by atoms with Crippen molar-refractivity contribution in [3.05, 3.63) is 65.7 Å². The van der Waals surface area contributed by atoms with E-state index < -0.39 is 22.4 Å². The van der Waals surface area contributed by atoms with Crippen LogP contribution < -0.4 is 4.74 Å². The van der Waals surface area contributed by atoms with Crippen LogP contribution in [0.1, 0.15) is 37.3 Å². The molecule has 1 heterocycles. The van der Waals surface area contributed by atoms with Gasteiger partial charge in [-0.1, -0.05) is 61.9 Å². The second-order valence-corrected chi connectivity index (χ2v) is 10.4. The van der Waals surface area contributed by atoms with E-state index in [4.69, 9.17) is 9.47 Å². The Morgan fingerprint density at radius 2 is 1.76 bits per heavy atom. The van der Waals surface area contributed by atoms with Gasteiger partial charge in [0.25, 0.3) is 5.91 Å². The van der Waals surface area contributed by atoms with Crippen LogP contribution >= 0.6 is 0 Å². The van der Waals surface area contributed by atoms with Gasteiger partial charge >= 0.3 is 5.97 Å². The van der Waals surface area contributed by atoms with Crippen LogP contribution in [-0.2, 0) is 30.6 Å². The van der Waals surface area contributed by atoms with Gasteiger partial charge < -0.3 is 14.4 Å². The second-order valence-electron chi connectivity index (χ2n) is 8.22.